The molecule has 0 aliphatic rings. The van der Waals surface area contributed by atoms with Gasteiger partial charge in [0.05, 0.1) is 13.2 Å². The van der Waals surface area contributed by atoms with Crippen molar-refractivity contribution in [1.29, 1.82) is 0 Å². The van der Waals surface area contributed by atoms with Crippen LogP contribution in [0.3, 0.4) is 0 Å². The molecule has 0 spiro atoms. The zero-order valence-corrected chi connectivity index (χ0v) is 7.96. The lowest BCUT2D eigenvalue weighted by molar-refractivity contribution is 0.400. The average Bonchev–Trinajstić information content (AvgIpc) is 2.15. The molecule has 0 amide bonds. The van der Waals surface area contributed by atoms with Crippen LogP contribution in [-0.2, 0) is 0 Å². The quantitative estimate of drug-likeness (QED) is 0.699. The molecule has 0 unspecified atom stereocenters. The van der Waals surface area contributed by atoms with Gasteiger partial charge in [-0.15, -0.1) is 0 Å². The van der Waals surface area contributed by atoms with Crippen molar-refractivity contribution in [3.63, 3.8) is 0 Å². The van der Waals surface area contributed by atoms with Crippen LogP contribution in [0.25, 0.3) is 5.57 Å². The van der Waals surface area contributed by atoms with Gasteiger partial charge in [-0.25, -0.2) is 4.79 Å². The maximum absolute atomic E-state index is 11.0. The number of rotatable bonds is 2. The van der Waals surface area contributed by atoms with Gasteiger partial charge in [-0.2, -0.15) is 0 Å². The van der Waals surface area contributed by atoms with Gasteiger partial charge in [-0.1, -0.05) is 6.08 Å². The van der Waals surface area contributed by atoms with E-state index in [4.69, 9.17) is 9.15 Å². The third kappa shape index (κ3) is 2.21. The number of hydrogen-bond acceptors (Lipinski definition) is 3. The van der Waals surface area contributed by atoms with Crippen molar-refractivity contribution in [3.05, 3.63) is 34.4 Å². The molecule has 0 saturated heterocycles. The van der Waals surface area contributed by atoms with Gasteiger partial charge in [0, 0.05) is 6.07 Å². The molecule has 1 rings (SSSR count). The average molecular weight is 180 g/mol. The fourth-order valence-electron chi connectivity index (χ4n) is 0.909. The van der Waals surface area contributed by atoms with E-state index in [1.165, 1.54) is 13.2 Å². The van der Waals surface area contributed by atoms with Crippen molar-refractivity contribution < 1.29 is 9.15 Å². The van der Waals surface area contributed by atoms with E-state index in [2.05, 4.69) is 0 Å². The number of allylic oxidation sites excluding steroid dienone is 2. The van der Waals surface area contributed by atoms with Gasteiger partial charge in [0.2, 0.25) is 0 Å². The highest BCUT2D eigenvalue weighted by Gasteiger charge is 2.02. The maximum Gasteiger partial charge on any atom is 0.339 e. The predicted molar refractivity (Wildman–Crippen MR) is 50.9 cm³/mol. The van der Waals surface area contributed by atoms with Crippen LogP contribution in [-0.4, -0.2) is 7.11 Å². The van der Waals surface area contributed by atoms with E-state index in [9.17, 15) is 4.79 Å². The highest BCUT2D eigenvalue weighted by atomic mass is 16.5. The van der Waals surface area contributed by atoms with E-state index in [0.717, 1.165) is 5.57 Å². The van der Waals surface area contributed by atoms with E-state index in [-0.39, 0.29) is 0 Å². The van der Waals surface area contributed by atoms with E-state index in [0.29, 0.717) is 11.5 Å². The summed E-state index contributed by atoms with van der Waals surface area (Å²) in [6.45, 7) is 3.76. The Hall–Kier alpha value is -1.51. The minimum Gasteiger partial charge on any atom is -0.496 e. The van der Waals surface area contributed by atoms with Gasteiger partial charge in [0.15, 0.2) is 0 Å². The summed E-state index contributed by atoms with van der Waals surface area (Å²) in [6.07, 6.45) is 1.87. The van der Waals surface area contributed by atoms with Crippen molar-refractivity contribution in [2.24, 2.45) is 0 Å². The molecule has 0 saturated carbocycles. The smallest absolute Gasteiger partial charge is 0.339 e. The Bertz CT molecular complexity index is 374. The summed E-state index contributed by atoms with van der Waals surface area (Å²) in [5.74, 6) is 1.07. The summed E-state index contributed by atoms with van der Waals surface area (Å²) >= 11 is 0. The Labute approximate surface area is 76.6 Å². The Morgan fingerprint density at radius 1 is 1.54 bits per heavy atom. The Morgan fingerprint density at radius 2 is 2.23 bits per heavy atom. The first-order chi connectivity index (χ1) is 6.17. The number of ether oxygens (including phenoxy) is 1. The molecule has 3 nitrogen and oxygen atoms in total. The van der Waals surface area contributed by atoms with Gasteiger partial charge in [-0.3, -0.25) is 0 Å². The topological polar surface area (TPSA) is 39.4 Å². The summed E-state index contributed by atoms with van der Waals surface area (Å²) in [7, 11) is 1.52. The fraction of sp³-hybridized carbons (Fsp3) is 0.300. The van der Waals surface area contributed by atoms with Crippen molar-refractivity contribution in [2.45, 2.75) is 13.8 Å². The summed E-state index contributed by atoms with van der Waals surface area (Å²) in [5.41, 5.74) is 0.520. The Morgan fingerprint density at radius 3 is 2.77 bits per heavy atom. The highest BCUT2D eigenvalue weighted by Crippen LogP contribution is 2.16. The van der Waals surface area contributed by atoms with Gasteiger partial charge in [0.1, 0.15) is 11.5 Å². The zero-order valence-electron chi connectivity index (χ0n) is 7.96. The highest BCUT2D eigenvalue weighted by molar-refractivity contribution is 5.59. The van der Waals surface area contributed by atoms with Crippen LogP contribution in [0.1, 0.15) is 19.6 Å². The fourth-order valence-corrected chi connectivity index (χ4v) is 0.909. The van der Waals surface area contributed by atoms with E-state index in [1.54, 1.807) is 6.07 Å². The van der Waals surface area contributed by atoms with Gasteiger partial charge < -0.3 is 9.15 Å². The predicted octanol–water partition coefficient (Wildman–Crippen LogP) is 2.07. The van der Waals surface area contributed by atoms with Crippen LogP contribution in [0.4, 0.5) is 0 Å². The molecular weight excluding hydrogens is 168 g/mol. The normalized spacial score (nSPS) is 11.5. The molecule has 0 aliphatic heterocycles. The molecule has 70 valence electrons. The molecule has 0 radical (unpaired) electrons. The zero-order chi connectivity index (χ0) is 9.84. The molecule has 0 atom stereocenters. The monoisotopic (exact) mass is 180 g/mol. The molecule has 0 fully saturated rings. The molecule has 0 aliphatic carbocycles. The molecule has 0 aromatic carbocycles. The lowest BCUT2D eigenvalue weighted by Crippen LogP contribution is -2.00. The van der Waals surface area contributed by atoms with Crippen molar-refractivity contribution in [1.82, 2.24) is 0 Å². The second-order valence-corrected chi connectivity index (χ2v) is 2.65. The van der Waals surface area contributed by atoms with Crippen LogP contribution in [0.15, 0.2) is 27.4 Å². The molecular formula is C10H12O3. The standard InChI is InChI=1S/C10H12O3/c1-4-7(2)9-5-8(12-3)6-10(11)13-9/h4-6H,1-3H3/b7-4-. The Balaban J connectivity index is 3.24. The third-order valence-electron chi connectivity index (χ3n) is 1.80. The first kappa shape index (κ1) is 9.58. The van der Waals surface area contributed by atoms with Crippen molar-refractivity contribution in [3.8, 4) is 5.75 Å². The van der Waals surface area contributed by atoms with Crippen LogP contribution in [0.2, 0.25) is 0 Å². The minimum absolute atomic E-state index is 0.393. The lowest BCUT2D eigenvalue weighted by Gasteiger charge is -2.01. The number of methoxy groups -OCH3 is 1. The molecule has 13 heavy (non-hydrogen) atoms. The van der Waals surface area contributed by atoms with Crippen LogP contribution in [0, 0.1) is 0 Å². The third-order valence-corrected chi connectivity index (χ3v) is 1.80. The van der Waals surface area contributed by atoms with E-state index >= 15 is 0 Å². The van der Waals surface area contributed by atoms with E-state index < -0.39 is 5.63 Å². The van der Waals surface area contributed by atoms with Crippen molar-refractivity contribution in [2.75, 3.05) is 7.11 Å². The van der Waals surface area contributed by atoms with Gasteiger partial charge in [0.25, 0.3) is 0 Å². The van der Waals surface area contributed by atoms with Crippen LogP contribution >= 0.6 is 0 Å². The summed E-state index contributed by atoms with van der Waals surface area (Å²) < 4.78 is 9.91. The first-order valence-electron chi connectivity index (χ1n) is 4.00. The summed E-state index contributed by atoms with van der Waals surface area (Å²) in [4.78, 5) is 11.0. The molecule has 1 aromatic rings. The summed E-state index contributed by atoms with van der Waals surface area (Å²) in [6, 6.07) is 3.00. The minimum atomic E-state index is -0.393. The molecule has 1 aromatic heterocycles. The largest absolute Gasteiger partial charge is 0.496 e. The molecule has 3 heteroatoms. The second kappa shape index (κ2) is 3.94. The van der Waals surface area contributed by atoms with Crippen LogP contribution in [0.5, 0.6) is 5.75 Å². The Kier molecular flexibility index (Phi) is 2.90. The first-order valence-corrected chi connectivity index (χ1v) is 4.00. The number of hydrogen-bond donors (Lipinski definition) is 0. The van der Waals surface area contributed by atoms with E-state index in [1.807, 2.05) is 19.9 Å². The lowest BCUT2D eigenvalue weighted by atomic mass is 10.2. The van der Waals surface area contributed by atoms with Gasteiger partial charge >= 0.3 is 5.63 Å². The molecule has 0 bridgehead atoms. The van der Waals surface area contributed by atoms with Crippen molar-refractivity contribution >= 4 is 5.57 Å². The van der Waals surface area contributed by atoms with Crippen LogP contribution < -0.4 is 10.4 Å². The molecule has 1 heterocycles. The maximum atomic E-state index is 11.0. The summed E-state index contributed by atoms with van der Waals surface area (Å²) in [5, 5.41) is 0. The van der Waals surface area contributed by atoms with Gasteiger partial charge in [-0.05, 0) is 19.4 Å². The second-order valence-electron chi connectivity index (χ2n) is 2.65. The SMILES string of the molecule is C/C=C(/C)c1cc(OC)cc(=O)o1. The molecule has 0 N–H and O–H groups in total.